The van der Waals surface area contributed by atoms with Gasteiger partial charge in [0.25, 0.3) is 0 Å². The topological polar surface area (TPSA) is 48.7 Å². The Morgan fingerprint density at radius 2 is 2.12 bits per heavy atom. The number of nitrogens with one attached hydrogen (secondary N) is 1. The molecule has 1 aromatic heterocycles. The molecule has 0 spiro atoms. The summed E-state index contributed by atoms with van der Waals surface area (Å²) in [6.07, 6.45) is 1.16. The first kappa shape index (κ1) is 10.9. The molecule has 1 aromatic rings. The SMILES string of the molecule is Cc1cc(NC2CC2(C)C)c(C#N)c(C)n1. The zero-order valence-electron chi connectivity index (χ0n) is 10.3. The molecule has 0 radical (unpaired) electrons. The van der Waals surface area contributed by atoms with Gasteiger partial charge in [0.2, 0.25) is 0 Å². The second-order valence-corrected chi connectivity index (χ2v) is 5.27. The Bertz CT molecular complexity index is 469. The number of nitrogens with zero attached hydrogens (tertiary/aromatic N) is 2. The van der Waals surface area contributed by atoms with Crippen LogP contribution in [0.25, 0.3) is 0 Å². The molecule has 1 atom stereocenters. The first-order valence-electron chi connectivity index (χ1n) is 5.59. The zero-order chi connectivity index (χ0) is 11.9. The highest BCUT2D eigenvalue weighted by atomic mass is 15.0. The molecule has 3 nitrogen and oxygen atoms in total. The van der Waals surface area contributed by atoms with E-state index in [4.69, 9.17) is 5.26 Å². The van der Waals surface area contributed by atoms with Gasteiger partial charge in [0.15, 0.2) is 0 Å². The van der Waals surface area contributed by atoms with Crippen molar-refractivity contribution in [2.75, 3.05) is 5.32 Å². The summed E-state index contributed by atoms with van der Waals surface area (Å²) in [7, 11) is 0. The molecule has 1 N–H and O–H groups in total. The van der Waals surface area contributed by atoms with Gasteiger partial charge < -0.3 is 5.32 Å². The number of nitriles is 1. The number of hydrogen-bond acceptors (Lipinski definition) is 3. The van der Waals surface area contributed by atoms with Crippen LogP contribution in [0.15, 0.2) is 6.07 Å². The van der Waals surface area contributed by atoms with Crippen LogP contribution in [0.4, 0.5) is 5.69 Å². The van der Waals surface area contributed by atoms with Crippen LogP contribution >= 0.6 is 0 Å². The number of hydrogen-bond donors (Lipinski definition) is 1. The zero-order valence-corrected chi connectivity index (χ0v) is 10.3. The number of pyridine rings is 1. The molecular formula is C13H17N3. The molecule has 1 aliphatic rings. The maximum atomic E-state index is 9.12. The van der Waals surface area contributed by atoms with E-state index in [9.17, 15) is 0 Å². The molecule has 1 heterocycles. The fraction of sp³-hybridized carbons (Fsp3) is 0.538. The molecule has 0 aromatic carbocycles. The Hall–Kier alpha value is -1.56. The lowest BCUT2D eigenvalue weighted by atomic mass is 10.1. The van der Waals surface area contributed by atoms with Crippen molar-refractivity contribution in [3.63, 3.8) is 0 Å². The summed E-state index contributed by atoms with van der Waals surface area (Å²) in [6, 6.07) is 4.67. The molecule has 2 rings (SSSR count). The van der Waals surface area contributed by atoms with Gasteiger partial charge >= 0.3 is 0 Å². The first-order valence-corrected chi connectivity index (χ1v) is 5.59. The molecule has 84 valence electrons. The van der Waals surface area contributed by atoms with E-state index >= 15 is 0 Å². The van der Waals surface area contributed by atoms with Gasteiger partial charge in [-0.2, -0.15) is 5.26 Å². The Labute approximate surface area is 96.5 Å². The number of rotatable bonds is 2. The summed E-state index contributed by atoms with van der Waals surface area (Å²) in [5.41, 5.74) is 3.73. The first-order chi connectivity index (χ1) is 7.44. The van der Waals surface area contributed by atoms with Crippen LogP contribution in [0.5, 0.6) is 0 Å². The second kappa shape index (κ2) is 3.48. The van der Waals surface area contributed by atoms with Crippen molar-refractivity contribution in [2.45, 2.75) is 40.2 Å². The Morgan fingerprint density at radius 1 is 1.50 bits per heavy atom. The third-order valence-corrected chi connectivity index (χ3v) is 3.28. The average molecular weight is 215 g/mol. The lowest BCUT2D eigenvalue weighted by Gasteiger charge is -2.12. The van der Waals surface area contributed by atoms with Crippen molar-refractivity contribution in [1.29, 1.82) is 5.26 Å². The maximum Gasteiger partial charge on any atom is 0.103 e. The van der Waals surface area contributed by atoms with Crippen molar-refractivity contribution in [3.05, 3.63) is 23.0 Å². The maximum absolute atomic E-state index is 9.12. The van der Waals surface area contributed by atoms with Crippen LogP contribution in [-0.4, -0.2) is 11.0 Å². The highest BCUT2D eigenvalue weighted by molar-refractivity contribution is 5.61. The normalized spacial score (nSPS) is 21.3. The summed E-state index contributed by atoms with van der Waals surface area (Å²) < 4.78 is 0. The van der Waals surface area contributed by atoms with Crippen LogP contribution in [0.3, 0.4) is 0 Å². The third-order valence-electron chi connectivity index (χ3n) is 3.28. The summed E-state index contributed by atoms with van der Waals surface area (Å²) in [6.45, 7) is 8.31. The molecular weight excluding hydrogens is 198 g/mol. The Balaban J connectivity index is 2.30. The van der Waals surface area contributed by atoms with Crippen molar-refractivity contribution in [3.8, 4) is 6.07 Å². The van der Waals surface area contributed by atoms with Crippen molar-refractivity contribution >= 4 is 5.69 Å². The Kier molecular flexibility index (Phi) is 2.38. The smallest absolute Gasteiger partial charge is 0.103 e. The molecule has 1 fully saturated rings. The summed E-state index contributed by atoms with van der Waals surface area (Å²) in [5.74, 6) is 0. The van der Waals surface area contributed by atoms with E-state index < -0.39 is 0 Å². The lowest BCUT2D eigenvalue weighted by molar-refractivity contribution is 0.630. The molecule has 0 amide bonds. The van der Waals surface area contributed by atoms with E-state index in [1.54, 1.807) is 0 Å². The van der Waals surface area contributed by atoms with Crippen LogP contribution in [-0.2, 0) is 0 Å². The minimum Gasteiger partial charge on any atom is -0.381 e. The molecule has 1 unspecified atom stereocenters. The van der Waals surface area contributed by atoms with Gasteiger partial charge in [0.1, 0.15) is 6.07 Å². The Morgan fingerprint density at radius 3 is 2.62 bits per heavy atom. The average Bonchev–Trinajstić information content (AvgIpc) is 2.72. The molecule has 3 heteroatoms. The van der Waals surface area contributed by atoms with Gasteiger partial charge in [-0.25, -0.2) is 0 Å². The number of aromatic nitrogens is 1. The van der Waals surface area contributed by atoms with E-state index in [-0.39, 0.29) is 0 Å². The summed E-state index contributed by atoms with van der Waals surface area (Å²) in [4.78, 5) is 4.31. The fourth-order valence-corrected chi connectivity index (χ4v) is 1.98. The minimum absolute atomic E-state index is 0.359. The van der Waals surface area contributed by atoms with Crippen molar-refractivity contribution in [1.82, 2.24) is 4.98 Å². The van der Waals surface area contributed by atoms with E-state index in [1.807, 2.05) is 19.9 Å². The molecule has 1 aliphatic carbocycles. The number of anilines is 1. The van der Waals surface area contributed by atoms with E-state index in [1.165, 1.54) is 0 Å². The van der Waals surface area contributed by atoms with Crippen molar-refractivity contribution in [2.24, 2.45) is 5.41 Å². The van der Waals surface area contributed by atoms with Gasteiger partial charge in [-0.05, 0) is 31.7 Å². The summed E-state index contributed by atoms with van der Waals surface area (Å²) in [5, 5.41) is 12.6. The summed E-state index contributed by atoms with van der Waals surface area (Å²) >= 11 is 0. The van der Waals surface area contributed by atoms with Gasteiger partial charge in [0, 0.05) is 11.7 Å². The van der Waals surface area contributed by atoms with Crippen LogP contribution < -0.4 is 5.32 Å². The van der Waals surface area contributed by atoms with Crippen LogP contribution in [0.1, 0.15) is 37.2 Å². The molecule has 0 saturated heterocycles. The van der Waals surface area contributed by atoms with Gasteiger partial charge in [0.05, 0.1) is 16.9 Å². The van der Waals surface area contributed by atoms with E-state index in [2.05, 4.69) is 30.2 Å². The van der Waals surface area contributed by atoms with Gasteiger partial charge in [-0.15, -0.1) is 0 Å². The predicted octanol–water partition coefficient (Wildman–Crippen LogP) is 2.78. The predicted molar refractivity (Wildman–Crippen MR) is 64.2 cm³/mol. The van der Waals surface area contributed by atoms with Gasteiger partial charge in [-0.3, -0.25) is 4.98 Å². The standard InChI is InChI=1S/C13H17N3/c1-8-5-11(10(7-14)9(2)15-8)16-12-6-13(12,3)4/h5,12H,6H2,1-4H3,(H,15,16). The van der Waals surface area contributed by atoms with Crippen LogP contribution in [0, 0.1) is 30.6 Å². The number of aryl methyl sites for hydroxylation is 2. The van der Waals surface area contributed by atoms with Crippen molar-refractivity contribution < 1.29 is 0 Å². The third kappa shape index (κ3) is 1.88. The highest BCUT2D eigenvalue weighted by Crippen LogP contribution is 2.46. The van der Waals surface area contributed by atoms with Crippen LogP contribution in [0.2, 0.25) is 0 Å². The second-order valence-electron chi connectivity index (χ2n) is 5.27. The molecule has 0 bridgehead atoms. The van der Waals surface area contributed by atoms with Gasteiger partial charge in [-0.1, -0.05) is 13.8 Å². The molecule has 16 heavy (non-hydrogen) atoms. The lowest BCUT2D eigenvalue weighted by Crippen LogP contribution is -2.11. The highest BCUT2D eigenvalue weighted by Gasteiger charge is 2.45. The monoisotopic (exact) mass is 215 g/mol. The van der Waals surface area contributed by atoms with E-state index in [0.717, 1.165) is 23.5 Å². The largest absolute Gasteiger partial charge is 0.381 e. The molecule has 0 aliphatic heterocycles. The quantitative estimate of drug-likeness (QED) is 0.825. The fourth-order valence-electron chi connectivity index (χ4n) is 1.98. The molecule has 1 saturated carbocycles. The van der Waals surface area contributed by atoms with E-state index in [0.29, 0.717) is 17.0 Å². The minimum atomic E-state index is 0.359.